The molecular weight excluding hydrogens is 474 g/mol. The molecule has 37 heavy (non-hydrogen) atoms. The average molecular weight is 510 g/mol. The van der Waals surface area contributed by atoms with Gasteiger partial charge in [0, 0.05) is 6.54 Å². The van der Waals surface area contributed by atoms with Crippen molar-refractivity contribution in [2.24, 2.45) is 10.9 Å². The summed E-state index contributed by atoms with van der Waals surface area (Å²) in [5.74, 6) is 5.70. The Morgan fingerprint density at radius 3 is 2.30 bits per heavy atom. The minimum atomic E-state index is -0.782. The Labute approximate surface area is 215 Å². The Hall–Kier alpha value is -4.08. The van der Waals surface area contributed by atoms with Gasteiger partial charge in [-0.2, -0.15) is 4.68 Å². The molecule has 0 unspecified atom stereocenters. The maximum absolute atomic E-state index is 13.6. The van der Waals surface area contributed by atoms with Crippen LogP contribution in [0.25, 0.3) is 0 Å². The number of esters is 1. The summed E-state index contributed by atoms with van der Waals surface area (Å²) < 4.78 is 13.7. The highest BCUT2D eigenvalue weighted by molar-refractivity contribution is 5.71. The van der Waals surface area contributed by atoms with Crippen LogP contribution in [0.4, 0.5) is 5.69 Å². The zero-order chi connectivity index (χ0) is 27.3. The fourth-order valence-electron chi connectivity index (χ4n) is 3.89. The van der Waals surface area contributed by atoms with Crippen molar-refractivity contribution >= 4 is 11.7 Å². The minimum absolute atomic E-state index is 0.0129. The van der Waals surface area contributed by atoms with Gasteiger partial charge in [0.2, 0.25) is 5.62 Å². The maximum atomic E-state index is 13.6. The van der Waals surface area contributed by atoms with Crippen LogP contribution >= 0.6 is 0 Å². The van der Waals surface area contributed by atoms with Gasteiger partial charge in [0.25, 0.3) is 0 Å². The van der Waals surface area contributed by atoms with Gasteiger partial charge >= 0.3 is 17.3 Å². The summed E-state index contributed by atoms with van der Waals surface area (Å²) in [5, 5.41) is 0. The van der Waals surface area contributed by atoms with Crippen molar-refractivity contribution in [2.45, 2.75) is 60.2 Å². The fraction of sp³-hybridized carbons (Fsp3) is 0.407. The van der Waals surface area contributed by atoms with Crippen LogP contribution in [0.5, 0.6) is 5.75 Å². The molecule has 0 aliphatic rings. The molecule has 198 valence electrons. The highest BCUT2D eigenvalue weighted by atomic mass is 16.5. The molecule has 0 bridgehead atoms. The summed E-state index contributed by atoms with van der Waals surface area (Å²) in [6, 6.07) is 13.1. The molecule has 0 fully saturated rings. The van der Waals surface area contributed by atoms with E-state index in [1.807, 2.05) is 64.1 Å². The number of aryl methyl sites for hydroxylation is 2. The van der Waals surface area contributed by atoms with Crippen LogP contribution in [0.2, 0.25) is 0 Å². The number of aromatic nitrogens is 3. The van der Waals surface area contributed by atoms with Crippen LogP contribution in [0.3, 0.4) is 0 Å². The smallest absolute Gasteiger partial charge is 0.353 e. The molecule has 2 N–H and O–H groups in total. The molecule has 0 spiro atoms. The molecule has 1 atom stereocenters. The predicted octanol–water partition coefficient (Wildman–Crippen LogP) is 2.27. The first-order valence-electron chi connectivity index (χ1n) is 12.2. The van der Waals surface area contributed by atoms with Gasteiger partial charge in [0.05, 0.1) is 31.4 Å². The molecule has 3 rings (SSSR count). The average Bonchev–Trinajstić information content (AvgIpc) is 2.88. The number of ether oxygens (including phenoxy) is 2. The molecule has 0 radical (unpaired) electrons. The fourth-order valence-corrected chi connectivity index (χ4v) is 3.89. The zero-order valence-electron chi connectivity index (χ0n) is 22.2. The first-order chi connectivity index (χ1) is 17.5. The second kappa shape index (κ2) is 11.8. The zero-order valence-corrected chi connectivity index (χ0v) is 22.2. The molecule has 0 saturated heterocycles. The number of hydrogen-bond donors (Lipinski definition) is 1. The molecule has 0 amide bonds. The molecule has 1 aromatic heterocycles. The molecule has 2 aromatic carbocycles. The van der Waals surface area contributed by atoms with Gasteiger partial charge in [-0.1, -0.05) is 43.7 Å². The van der Waals surface area contributed by atoms with E-state index in [0.717, 1.165) is 31.7 Å². The summed E-state index contributed by atoms with van der Waals surface area (Å²) in [6.45, 7) is 9.40. The lowest BCUT2D eigenvalue weighted by molar-refractivity contribution is -0.145. The first-order valence-corrected chi connectivity index (χ1v) is 12.2. The first kappa shape index (κ1) is 27.5. The van der Waals surface area contributed by atoms with Gasteiger partial charge in [0.15, 0.2) is 0 Å². The van der Waals surface area contributed by atoms with Gasteiger partial charge in [-0.15, -0.1) is 0 Å². The Morgan fingerprint density at radius 1 is 1.03 bits per heavy atom. The van der Waals surface area contributed by atoms with Crippen molar-refractivity contribution in [2.75, 3.05) is 13.0 Å². The monoisotopic (exact) mass is 509 g/mol. The van der Waals surface area contributed by atoms with Crippen molar-refractivity contribution in [3.63, 3.8) is 0 Å². The van der Waals surface area contributed by atoms with Gasteiger partial charge in [-0.05, 0) is 56.5 Å². The van der Waals surface area contributed by atoms with Gasteiger partial charge < -0.3 is 15.3 Å². The molecular formula is C27H35N5O5. The lowest BCUT2D eigenvalue weighted by Crippen LogP contribution is -2.58. The van der Waals surface area contributed by atoms with Crippen molar-refractivity contribution in [3.8, 4) is 5.75 Å². The number of methoxy groups -OCH3 is 1. The third kappa shape index (κ3) is 6.38. The minimum Gasteiger partial charge on any atom is -0.491 e. The van der Waals surface area contributed by atoms with E-state index in [4.69, 9.17) is 15.3 Å². The Kier molecular flexibility index (Phi) is 8.75. The molecule has 3 aromatic rings. The Bertz CT molecular complexity index is 1450. The summed E-state index contributed by atoms with van der Waals surface area (Å²) in [5.41, 5.74) is 1.92. The van der Waals surface area contributed by atoms with Crippen LogP contribution in [0.1, 0.15) is 44.4 Å². The lowest BCUT2D eigenvalue weighted by Gasteiger charge is -2.16. The van der Waals surface area contributed by atoms with Crippen molar-refractivity contribution in [1.29, 1.82) is 0 Å². The van der Waals surface area contributed by atoms with Crippen LogP contribution in [-0.4, -0.2) is 33.0 Å². The highest BCUT2D eigenvalue weighted by Crippen LogP contribution is 2.25. The van der Waals surface area contributed by atoms with E-state index in [0.29, 0.717) is 12.1 Å². The van der Waals surface area contributed by atoms with E-state index < -0.39 is 23.3 Å². The van der Waals surface area contributed by atoms with Crippen molar-refractivity contribution < 1.29 is 14.3 Å². The highest BCUT2D eigenvalue weighted by Gasteiger charge is 2.20. The molecule has 1 heterocycles. The normalized spacial score (nSPS) is 12.6. The van der Waals surface area contributed by atoms with E-state index in [1.165, 1.54) is 11.7 Å². The number of carbonyl (C=O) groups is 1. The summed E-state index contributed by atoms with van der Waals surface area (Å²) >= 11 is 0. The van der Waals surface area contributed by atoms with Crippen molar-refractivity contribution in [1.82, 2.24) is 13.8 Å². The quantitative estimate of drug-likeness (QED) is 0.349. The number of benzene rings is 2. The summed E-state index contributed by atoms with van der Waals surface area (Å²) in [7, 11) is 1.25. The van der Waals surface area contributed by atoms with E-state index in [1.54, 1.807) is 13.0 Å². The second-order valence-electron chi connectivity index (χ2n) is 9.27. The summed E-state index contributed by atoms with van der Waals surface area (Å²) in [4.78, 5) is 43.3. The molecule has 10 nitrogen and oxygen atoms in total. The topological polar surface area (TPSA) is 123 Å². The van der Waals surface area contributed by atoms with Gasteiger partial charge in [-0.25, -0.2) is 19.1 Å². The Balaban J connectivity index is 2.24. The van der Waals surface area contributed by atoms with Crippen LogP contribution < -0.4 is 27.6 Å². The third-order valence-electron chi connectivity index (χ3n) is 5.89. The predicted molar refractivity (Wildman–Crippen MR) is 141 cm³/mol. The van der Waals surface area contributed by atoms with Crippen LogP contribution in [0, 0.1) is 12.8 Å². The molecule has 0 aliphatic carbocycles. The van der Waals surface area contributed by atoms with Crippen LogP contribution in [-0.2, 0) is 29.0 Å². The third-order valence-corrected chi connectivity index (χ3v) is 5.89. The largest absolute Gasteiger partial charge is 0.491 e. The number of nitrogens with two attached hydrogens (primary N) is 1. The number of nitrogen functional groups attached to an aromatic ring is 1. The lowest BCUT2D eigenvalue weighted by atomic mass is 10.1. The molecule has 0 aliphatic heterocycles. The number of rotatable bonds is 9. The van der Waals surface area contributed by atoms with Gasteiger partial charge in [-0.3, -0.25) is 9.36 Å². The standard InChI is InChI=1S/C27H35N5O5/c1-7-21-14-22(12-13-23(21)37-17(2)3)29-25-30(16-20-10-8-18(4)9-11-20)26(34)31(27(35)32(25)28)15-19(5)24(33)36-6/h8-14,17,19H,7,15-16,28H2,1-6H3/t19-/m0/s1. The van der Waals surface area contributed by atoms with Gasteiger partial charge in [0.1, 0.15) is 5.75 Å². The van der Waals surface area contributed by atoms with Crippen LogP contribution in [0.15, 0.2) is 57.0 Å². The number of carbonyl (C=O) groups excluding carboxylic acids is 1. The second-order valence-corrected chi connectivity index (χ2v) is 9.27. The number of nitrogens with zero attached hydrogens (tertiary/aromatic N) is 4. The van der Waals surface area contributed by atoms with Crippen molar-refractivity contribution in [3.05, 3.63) is 85.7 Å². The number of hydrogen-bond acceptors (Lipinski definition) is 7. The summed E-state index contributed by atoms with van der Waals surface area (Å²) in [6.07, 6.45) is 0.718. The maximum Gasteiger partial charge on any atom is 0.353 e. The SMILES string of the molecule is CCc1cc(N=c2n(N)c(=O)n(C[C@H](C)C(=O)OC)c(=O)n2Cc2ccc(C)cc2)ccc1OC(C)C. The molecule has 10 heteroatoms. The van der Waals surface area contributed by atoms with E-state index >= 15 is 0 Å². The van der Waals surface area contributed by atoms with E-state index in [9.17, 15) is 14.4 Å². The Morgan fingerprint density at radius 2 is 1.70 bits per heavy atom. The van der Waals surface area contributed by atoms with E-state index in [2.05, 4.69) is 4.99 Å². The molecule has 0 saturated carbocycles. The van der Waals surface area contributed by atoms with E-state index in [-0.39, 0.29) is 24.8 Å².